The highest BCUT2D eigenvalue weighted by atomic mass is 79.9. The van der Waals surface area contributed by atoms with E-state index in [0.29, 0.717) is 12.1 Å². The van der Waals surface area contributed by atoms with Crippen molar-refractivity contribution in [2.45, 2.75) is 13.3 Å². The number of nitrogens with one attached hydrogen (secondary N) is 1. The van der Waals surface area contributed by atoms with E-state index in [2.05, 4.69) is 26.3 Å². The maximum atomic E-state index is 12.3. The third kappa shape index (κ3) is 3.10. The molecule has 1 amide bonds. The Hall–Kier alpha value is -2.22. The van der Waals surface area contributed by atoms with Gasteiger partial charge < -0.3 is 5.32 Å². The Morgan fingerprint density at radius 3 is 2.86 bits per heavy atom. The number of rotatable bonds is 4. The number of hydrogen-bond donors (Lipinski definition) is 1. The summed E-state index contributed by atoms with van der Waals surface area (Å²) in [6.45, 7) is 1.93. The van der Waals surface area contributed by atoms with Crippen molar-refractivity contribution in [1.82, 2.24) is 9.78 Å². The van der Waals surface area contributed by atoms with Gasteiger partial charge in [0.15, 0.2) is 0 Å². The van der Waals surface area contributed by atoms with Crippen LogP contribution in [0.3, 0.4) is 0 Å². The average molecular weight is 353 g/mol. The zero-order valence-electron chi connectivity index (χ0n) is 11.5. The zero-order valence-corrected chi connectivity index (χ0v) is 13.0. The number of hydrogen-bond acceptors (Lipinski definition) is 4. The SMILES string of the molecule is CCc1nn(C)cc1NC(=O)c1cccc([N+](=O)[O-])c1Br. The van der Waals surface area contributed by atoms with E-state index in [1.807, 2.05) is 6.92 Å². The Kier molecular flexibility index (Phi) is 4.37. The van der Waals surface area contributed by atoms with E-state index in [0.717, 1.165) is 5.69 Å². The van der Waals surface area contributed by atoms with Crippen molar-refractivity contribution >= 4 is 33.2 Å². The topological polar surface area (TPSA) is 90.1 Å². The molecule has 0 saturated carbocycles. The number of aromatic nitrogens is 2. The molecular weight excluding hydrogens is 340 g/mol. The molecule has 1 aromatic carbocycles. The average Bonchev–Trinajstić information content (AvgIpc) is 2.78. The van der Waals surface area contributed by atoms with Crippen molar-refractivity contribution in [1.29, 1.82) is 0 Å². The van der Waals surface area contributed by atoms with Crippen LogP contribution in [0.25, 0.3) is 0 Å². The molecule has 8 heteroatoms. The van der Waals surface area contributed by atoms with Crippen molar-refractivity contribution in [2.75, 3.05) is 5.32 Å². The minimum Gasteiger partial charge on any atom is -0.319 e. The summed E-state index contributed by atoms with van der Waals surface area (Å²) in [4.78, 5) is 22.6. The molecule has 0 atom stereocenters. The van der Waals surface area contributed by atoms with Gasteiger partial charge in [0.25, 0.3) is 11.6 Å². The Bertz CT molecular complexity index is 711. The van der Waals surface area contributed by atoms with E-state index in [-0.39, 0.29) is 15.7 Å². The van der Waals surface area contributed by atoms with Gasteiger partial charge in [0.1, 0.15) is 4.47 Å². The molecule has 0 aliphatic carbocycles. The lowest BCUT2D eigenvalue weighted by atomic mass is 10.2. The van der Waals surface area contributed by atoms with Gasteiger partial charge in [0, 0.05) is 19.3 Å². The van der Waals surface area contributed by atoms with E-state index >= 15 is 0 Å². The Morgan fingerprint density at radius 1 is 1.52 bits per heavy atom. The number of carbonyl (C=O) groups excluding carboxylic acids is 1. The fourth-order valence-corrected chi connectivity index (χ4v) is 2.52. The van der Waals surface area contributed by atoms with Gasteiger partial charge in [-0.05, 0) is 28.4 Å². The first-order valence-corrected chi connectivity index (χ1v) is 7.00. The summed E-state index contributed by atoms with van der Waals surface area (Å²) in [7, 11) is 1.76. The smallest absolute Gasteiger partial charge is 0.284 e. The second-order valence-electron chi connectivity index (χ2n) is 4.37. The molecule has 0 spiro atoms. The van der Waals surface area contributed by atoms with Gasteiger partial charge in [-0.3, -0.25) is 19.6 Å². The third-order valence-electron chi connectivity index (χ3n) is 2.91. The summed E-state index contributed by atoms with van der Waals surface area (Å²) >= 11 is 3.11. The van der Waals surface area contributed by atoms with Crippen LogP contribution in [0.2, 0.25) is 0 Å². The van der Waals surface area contributed by atoms with Crippen LogP contribution in [-0.4, -0.2) is 20.6 Å². The van der Waals surface area contributed by atoms with Crippen molar-refractivity contribution in [3.8, 4) is 0 Å². The van der Waals surface area contributed by atoms with Gasteiger partial charge in [-0.25, -0.2) is 0 Å². The van der Waals surface area contributed by atoms with Crippen LogP contribution in [0, 0.1) is 10.1 Å². The molecule has 2 aromatic rings. The molecule has 1 N–H and O–H groups in total. The van der Waals surface area contributed by atoms with Crippen LogP contribution in [0.1, 0.15) is 23.0 Å². The molecule has 2 rings (SSSR count). The number of benzene rings is 1. The highest BCUT2D eigenvalue weighted by Gasteiger charge is 2.20. The lowest BCUT2D eigenvalue weighted by Gasteiger charge is -2.06. The molecule has 110 valence electrons. The molecule has 7 nitrogen and oxygen atoms in total. The van der Waals surface area contributed by atoms with E-state index < -0.39 is 10.8 Å². The highest BCUT2D eigenvalue weighted by Crippen LogP contribution is 2.29. The number of nitro benzene ring substituents is 1. The number of nitrogens with zero attached hydrogens (tertiary/aromatic N) is 3. The largest absolute Gasteiger partial charge is 0.319 e. The maximum Gasteiger partial charge on any atom is 0.284 e. The molecule has 0 unspecified atom stereocenters. The normalized spacial score (nSPS) is 10.4. The molecule has 21 heavy (non-hydrogen) atoms. The van der Waals surface area contributed by atoms with E-state index in [1.165, 1.54) is 18.2 Å². The maximum absolute atomic E-state index is 12.3. The number of amides is 1. The van der Waals surface area contributed by atoms with Crippen molar-refractivity contribution in [3.05, 3.63) is 50.2 Å². The Labute approximate surface area is 129 Å². The molecule has 0 aliphatic rings. The van der Waals surface area contributed by atoms with Gasteiger partial charge in [-0.2, -0.15) is 5.10 Å². The first kappa shape index (κ1) is 15.2. The summed E-state index contributed by atoms with van der Waals surface area (Å²) in [5.74, 6) is -0.423. The first-order valence-electron chi connectivity index (χ1n) is 6.20. The molecule has 1 aromatic heterocycles. The molecule has 0 saturated heterocycles. The van der Waals surface area contributed by atoms with Gasteiger partial charge in [0.2, 0.25) is 0 Å². The summed E-state index contributed by atoms with van der Waals surface area (Å²) in [6, 6.07) is 4.33. The van der Waals surface area contributed by atoms with Gasteiger partial charge in [0.05, 0.1) is 21.9 Å². The summed E-state index contributed by atoms with van der Waals surface area (Å²) in [5, 5.41) is 17.8. The second kappa shape index (κ2) is 6.04. The van der Waals surface area contributed by atoms with Crippen molar-refractivity contribution in [2.24, 2.45) is 7.05 Å². The van der Waals surface area contributed by atoms with Crippen LogP contribution >= 0.6 is 15.9 Å². The number of anilines is 1. The molecule has 0 aliphatic heterocycles. The fourth-order valence-electron chi connectivity index (χ4n) is 1.93. The number of aryl methyl sites for hydroxylation is 2. The molecule has 0 radical (unpaired) electrons. The predicted octanol–water partition coefficient (Wildman–Crippen LogP) is 2.91. The highest BCUT2D eigenvalue weighted by molar-refractivity contribution is 9.10. The van der Waals surface area contributed by atoms with Crippen LogP contribution in [0.4, 0.5) is 11.4 Å². The van der Waals surface area contributed by atoms with Crippen molar-refractivity contribution in [3.63, 3.8) is 0 Å². The van der Waals surface area contributed by atoms with Crippen LogP contribution in [0.15, 0.2) is 28.9 Å². The van der Waals surface area contributed by atoms with Crippen LogP contribution in [0.5, 0.6) is 0 Å². The Balaban J connectivity index is 2.33. The minimum atomic E-state index is -0.539. The molecular formula is C13H13BrN4O3. The summed E-state index contributed by atoms with van der Waals surface area (Å²) < 4.78 is 1.77. The molecule has 0 fully saturated rings. The van der Waals surface area contributed by atoms with E-state index in [4.69, 9.17) is 0 Å². The molecule has 1 heterocycles. The summed E-state index contributed by atoms with van der Waals surface area (Å²) in [5.41, 5.74) is 1.41. The number of carbonyl (C=O) groups is 1. The predicted molar refractivity (Wildman–Crippen MR) is 81.3 cm³/mol. The fraction of sp³-hybridized carbons (Fsp3) is 0.231. The zero-order chi connectivity index (χ0) is 15.6. The first-order chi connectivity index (χ1) is 9.93. The van der Waals surface area contributed by atoms with E-state index in [9.17, 15) is 14.9 Å². The third-order valence-corrected chi connectivity index (χ3v) is 3.74. The standard InChI is InChI=1S/C13H13BrN4O3/c1-3-9-10(7-17(2)16-9)15-13(19)8-5-4-6-11(12(8)14)18(20)21/h4-7H,3H2,1-2H3,(H,15,19). The minimum absolute atomic E-state index is 0.149. The van der Waals surface area contributed by atoms with Gasteiger partial charge in [-0.1, -0.05) is 13.0 Å². The van der Waals surface area contributed by atoms with E-state index in [1.54, 1.807) is 17.9 Å². The lowest BCUT2D eigenvalue weighted by molar-refractivity contribution is -0.385. The van der Waals surface area contributed by atoms with Gasteiger partial charge in [-0.15, -0.1) is 0 Å². The quantitative estimate of drug-likeness (QED) is 0.676. The monoisotopic (exact) mass is 352 g/mol. The Morgan fingerprint density at radius 2 is 2.24 bits per heavy atom. The number of nitro groups is 1. The van der Waals surface area contributed by atoms with Crippen LogP contribution in [-0.2, 0) is 13.5 Å². The second-order valence-corrected chi connectivity index (χ2v) is 5.16. The lowest BCUT2D eigenvalue weighted by Crippen LogP contribution is -2.13. The van der Waals surface area contributed by atoms with Crippen LogP contribution < -0.4 is 5.32 Å². The summed E-state index contributed by atoms with van der Waals surface area (Å²) in [6.07, 6.45) is 2.37. The van der Waals surface area contributed by atoms with Crippen molar-refractivity contribution < 1.29 is 9.72 Å². The molecule has 0 bridgehead atoms. The van der Waals surface area contributed by atoms with Gasteiger partial charge >= 0.3 is 0 Å². The number of halogens is 1.